The van der Waals surface area contributed by atoms with Crippen LogP contribution >= 0.6 is 0 Å². The van der Waals surface area contributed by atoms with Gasteiger partial charge in [0.1, 0.15) is 12.4 Å². The standard InChI is InChI=1S/C21H25NO6/c1-13(2)28-19(20(24)25)11-15-5-4-6-17(10-15)22-21(26)27-12-16-7-8-18(23)14(3)9-16/h4-10,13,19,23H,11-12H2,1-3H3,(H,22,26)(H,24,25). The number of aromatic hydroxyl groups is 1. The highest BCUT2D eigenvalue weighted by Crippen LogP contribution is 2.18. The van der Waals surface area contributed by atoms with Crippen LogP contribution in [-0.2, 0) is 27.3 Å². The molecule has 0 bridgehead atoms. The quantitative estimate of drug-likeness (QED) is 0.635. The van der Waals surface area contributed by atoms with E-state index >= 15 is 0 Å². The van der Waals surface area contributed by atoms with Crippen LogP contribution in [0.3, 0.4) is 0 Å². The highest BCUT2D eigenvalue weighted by Gasteiger charge is 2.20. The van der Waals surface area contributed by atoms with Crippen LogP contribution in [0.25, 0.3) is 0 Å². The van der Waals surface area contributed by atoms with E-state index in [1.165, 1.54) is 0 Å². The third-order valence-corrected chi connectivity index (χ3v) is 3.94. The molecule has 28 heavy (non-hydrogen) atoms. The van der Waals surface area contributed by atoms with E-state index in [1.807, 2.05) is 0 Å². The van der Waals surface area contributed by atoms with E-state index in [0.29, 0.717) is 11.3 Å². The van der Waals surface area contributed by atoms with Crippen molar-refractivity contribution in [1.29, 1.82) is 0 Å². The van der Waals surface area contributed by atoms with Crippen LogP contribution in [0.5, 0.6) is 5.75 Å². The van der Waals surface area contributed by atoms with Crippen LogP contribution in [0.1, 0.15) is 30.5 Å². The van der Waals surface area contributed by atoms with Crippen molar-refractivity contribution >= 4 is 17.7 Å². The van der Waals surface area contributed by atoms with E-state index < -0.39 is 18.2 Å². The van der Waals surface area contributed by atoms with Crippen molar-refractivity contribution in [2.45, 2.75) is 46.0 Å². The first-order valence-electron chi connectivity index (χ1n) is 8.94. The molecule has 2 aromatic rings. The molecular formula is C21H25NO6. The number of phenolic OH excluding ortho intramolecular Hbond substituents is 1. The molecular weight excluding hydrogens is 362 g/mol. The normalized spacial score (nSPS) is 11.9. The fraction of sp³-hybridized carbons (Fsp3) is 0.333. The number of ether oxygens (including phenoxy) is 2. The van der Waals surface area contributed by atoms with Crippen molar-refractivity contribution in [2.75, 3.05) is 5.32 Å². The van der Waals surface area contributed by atoms with Gasteiger partial charge in [0.25, 0.3) is 0 Å². The summed E-state index contributed by atoms with van der Waals surface area (Å²) in [5.74, 6) is -0.846. The van der Waals surface area contributed by atoms with Gasteiger partial charge in [-0.25, -0.2) is 9.59 Å². The molecule has 0 aromatic heterocycles. The van der Waals surface area contributed by atoms with E-state index in [1.54, 1.807) is 63.2 Å². The minimum atomic E-state index is -1.03. The Morgan fingerprint density at radius 3 is 2.50 bits per heavy atom. The Labute approximate surface area is 163 Å². The predicted molar refractivity (Wildman–Crippen MR) is 104 cm³/mol. The minimum Gasteiger partial charge on any atom is -0.508 e. The second kappa shape index (κ2) is 9.75. The number of carbonyl (C=O) groups is 2. The van der Waals surface area contributed by atoms with Crippen LogP contribution in [0.2, 0.25) is 0 Å². The zero-order valence-electron chi connectivity index (χ0n) is 16.1. The lowest BCUT2D eigenvalue weighted by molar-refractivity contribution is -0.153. The number of aliphatic carboxylic acids is 1. The molecule has 0 radical (unpaired) electrons. The molecule has 1 amide bonds. The summed E-state index contributed by atoms with van der Waals surface area (Å²) in [6.45, 7) is 5.38. The molecule has 0 heterocycles. The summed E-state index contributed by atoms with van der Waals surface area (Å²) in [4.78, 5) is 23.4. The van der Waals surface area contributed by atoms with Crippen LogP contribution in [0.4, 0.5) is 10.5 Å². The number of carboxylic acids is 1. The predicted octanol–water partition coefficient (Wildman–Crippen LogP) is 3.87. The molecule has 0 saturated heterocycles. The molecule has 0 spiro atoms. The molecule has 7 heteroatoms. The van der Waals surface area contributed by atoms with Crippen LogP contribution in [0.15, 0.2) is 42.5 Å². The van der Waals surface area contributed by atoms with E-state index in [-0.39, 0.29) is 24.9 Å². The van der Waals surface area contributed by atoms with Gasteiger partial charge in [-0.3, -0.25) is 5.32 Å². The molecule has 1 unspecified atom stereocenters. The first kappa shape index (κ1) is 21.2. The number of hydrogen-bond donors (Lipinski definition) is 3. The maximum Gasteiger partial charge on any atom is 0.411 e. The number of amides is 1. The van der Waals surface area contributed by atoms with Crippen LogP contribution < -0.4 is 5.32 Å². The van der Waals surface area contributed by atoms with E-state index in [2.05, 4.69) is 5.32 Å². The lowest BCUT2D eigenvalue weighted by atomic mass is 10.1. The summed E-state index contributed by atoms with van der Waals surface area (Å²) in [6, 6.07) is 11.8. The number of anilines is 1. The van der Waals surface area contributed by atoms with Crippen molar-refractivity contribution in [1.82, 2.24) is 0 Å². The topological polar surface area (TPSA) is 105 Å². The second-order valence-corrected chi connectivity index (χ2v) is 6.74. The molecule has 0 aliphatic carbocycles. The van der Waals surface area contributed by atoms with Gasteiger partial charge in [-0.1, -0.05) is 18.2 Å². The van der Waals surface area contributed by atoms with Gasteiger partial charge in [0.2, 0.25) is 0 Å². The molecule has 0 aliphatic heterocycles. The fourth-order valence-electron chi connectivity index (χ4n) is 2.62. The van der Waals surface area contributed by atoms with Gasteiger partial charge < -0.3 is 19.7 Å². The summed E-state index contributed by atoms with van der Waals surface area (Å²) in [7, 11) is 0. The Morgan fingerprint density at radius 1 is 1.11 bits per heavy atom. The number of phenols is 1. The Morgan fingerprint density at radius 2 is 1.86 bits per heavy atom. The maximum atomic E-state index is 12.0. The maximum absolute atomic E-state index is 12.0. The lowest BCUT2D eigenvalue weighted by Gasteiger charge is -2.17. The third kappa shape index (κ3) is 6.59. The summed E-state index contributed by atoms with van der Waals surface area (Å²) in [5.41, 5.74) is 2.68. The Bertz CT molecular complexity index is 833. The average Bonchev–Trinajstić information content (AvgIpc) is 2.62. The van der Waals surface area contributed by atoms with Crippen LogP contribution in [-0.4, -0.2) is 34.5 Å². The third-order valence-electron chi connectivity index (χ3n) is 3.94. The van der Waals surface area contributed by atoms with E-state index in [0.717, 1.165) is 11.1 Å². The highest BCUT2D eigenvalue weighted by atomic mass is 16.5. The number of aryl methyl sites for hydroxylation is 1. The van der Waals surface area contributed by atoms with Gasteiger partial charge in [0.05, 0.1) is 6.10 Å². The summed E-state index contributed by atoms with van der Waals surface area (Å²) in [5, 5.41) is 21.4. The smallest absolute Gasteiger partial charge is 0.411 e. The second-order valence-electron chi connectivity index (χ2n) is 6.74. The van der Waals surface area contributed by atoms with Gasteiger partial charge in [0.15, 0.2) is 6.10 Å². The minimum absolute atomic E-state index is 0.0654. The van der Waals surface area contributed by atoms with Crippen molar-refractivity contribution in [3.63, 3.8) is 0 Å². The summed E-state index contributed by atoms with van der Waals surface area (Å²) >= 11 is 0. The Hall–Kier alpha value is -3.06. The number of rotatable bonds is 8. The van der Waals surface area contributed by atoms with Crippen molar-refractivity contribution < 1.29 is 29.3 Å². The summed E-state index contributed by atoms with van der Waals surface area (Å²) in [6.07, 6.45) is -1.61. The van der Waals surface area contributed by atoms with Gasteiger partial charge in [-0.2, -0.15) is 0 Å². The first-order valence-corrected chi connectivity index (χ1v) is 8.94. The van der Waals surface area contributed by atoms with Gasteiger partial charge >= 0.3 is 12.1 Å². The Kier molecular flexibility index (Phi) is 7.40. The van der Waals surface area contributed by atoms with E-state index in [9.17, 15) is 19.8 Å². The molecule has 150 valence electrons. The zero-order chi connectivity index (χ0) is 20.7. The largest absolute Gasteiger partial charge is 0.508 e. The van der Waals surface area contributed by atoms with E-state index in [4.69, 9.17) is 9.47 Å². The molecule has 0 aliphatic rings. The molecule has 1 atom stereocenters. The van der Waals surface area contributed by atoms with Gasteiger partial charge in [-0.15, -0.1) is 0 Å². The highest BCUT2D eigenvalue weighted by molar-refractivity contribution is 5.84. The lowest BCUT2D eigenvalue weighted by Crippen LogP contribution is -2.29. The monoisotopic (exact) mass is 387 g/mol. The molecule has 3 N–H and O–H groups in total. The molecule has 7 nitrogen and oxygen atoms in total. The van der Waals surface area contributed by atoms with Crippen LogP contribution in [0, 0.1) is 6.92 Å². The zero-order valence-corrected chi connectivity index (χ0v) is 16.1. The number of nitrogens with one attached hydrogen (secondary N) is 1. The first-order chi connectivity index (χ1) is 13.2. The summed E-state index contributed by atoms with van der Waals surface area (Å²) < 4.78 is 10.6. The van der Waals surface area contributed by atoms with Crippen molar-refractivity contribution in [3.8, 4) is 5.75 Å². The Balaban J connectivity index is 1.94. The van der Waals surface area contributed by atoms with Crippen molar-refractivity contribution in [2.24, 2.45) is 0 Å². The number of hydrogen-bond acceptors (Lipinski definition) is 5. The number of carboxylic acid groups (broad SMARTS) is 1. The molecule has 0 saturated carbocycles. The average molecular weight is 387 g/mol. The number of carbonyl (C=O) groups excluding carboxylic acids is 1. The molecule has 2 aromatic carbocycles. The van der Waals surface area contributed by atoms with Gasteiger partial charge in [0, 0.05) is 12.1 Å². The SMILES string of the molecule is Cc1cc(COC(=O)Nc2cccc(CC(OC(C)C)C(=O)O)c2)ccc1O. The molecule has 2 rings (SSSR count). The fourth-order valence-corrected chi connectivity index (χ4v) is 2.62. The number of benzene rings is 2. The van der Waals surface area contributed by atoms with Gasteiger partial charge in [-0.05, 0) is 61.7 Å². The molecule has 0 fully saturated rings. The van der Waals surface area contributed by atoms with Crippen molar-refractivity contribution in [3.05, 3.63) is 59.2 Å².